The highest BCUT2D eigenvalue weighted by Crippen LogP contribution is 2.30. The number of ether oxygens (including phenoxy) is 1. The van der Waals surface area contributed by atoms with Gasteiger partial charge in [-0.05, 0) is 35.9 Å². The van der Waals surface area contributed by atoms with E-state index < -0.39 is 11.7 Å². The monoisotopic (exact) mass is 426 g/mol. The molecule has 0 aliphatic rings. The standard InChI is InChI=1S/C18H14ClF3N4OS/c19-14-4-5-15(12(7-14)8-24-26-17-25-16(23)10-28-17)27-9-11-2-1-3-13(6-11)18(20,21)22/h1-8,10H,9,23H2,(H,25,26). The average molecular weight is 427 g/mol. The summed E-state index contributed by atoms with van der Waals surface area (Å²) in [5, 5.41) is 6.71. The van der Waals surface area contributed by atoms with E-state index in [-0.39, 0.29) is 6.61 Å². The Balaban J connectivity index is 1.72. The minimum atomic E-state index is -4.40. The molecule has 0 aliphatic heterocycles. The molecular formula is C18H14ClF3N4OS. The molecule has 0 spiro atoms. The van der Waals surface area contributed by atoms with Gasteiger partial charge in [-0.25, -0.2) is 4.98 Å². The highest BCUT2D eigenvalue weighted by Gasteiger charge is 2.30. The Morgan fingerprint density at radius 1 is 1.25 bits per heavy atom. The molecule has 3 N–H and O–H groups in total. The van der Waals surface area contributed by atoms with Crippen molar-refractivity contribution in [2.24, 2.45) is 5.10 Å². The summed E-state index contributed by atoms with van der Waals surface area (Å²) >= 11 is 7.31. The van der Waals surface area contributed by atoms with Gasteiger partial charge in [-0.3, -0.25) is 5.43 Å². The Kier molecular flexibility index (Phi) is 6.05. The van der Waals surface area contributed by atoms with Crippen molar-refractivity contribution in [2.75, 3.05) is 11.2 Å². The maximum Gasteiger partial charge on any atom is 0.416 e. The number of nitrogens with zero attached hydrogens (tertiary/aromatic N) is 2. The smallest absolute Gasteiger partial charge is 0.416 e. The van der Waals surface area contributed by atoms with Crippen LogP contribution >= 0.6 is 22.9 Å². The number of aromatic nitrogens is 1. The maximum atomic E-state index is 12.8. The zero-order valence-corrected chi connectivity index (χ0v) is 15.8. The molecule has 146 valence electrons. The molecule has 0 saturated heterocycles. The van der Waals surface area contributed by atoms with Gasteiger partial charge in [0, 0.05) is 16.0 Å². The second-order valence-corrected chi connectivity index (χ2v) is 6.91. The molecule has 28 heavy (non-hydrogen) atoms. The predicted octanol–water partition coefficient (Wildman–Crippen LogP) is 5.42. The fourth-order valence-electron chi connectivity index (χ4n) is 2.24. The van der Waals surface area contributed by atoms with Crippen LogP contribution in [0.4, 0.5) is 24.1 Å². The molecule has 0 saturated carbocycles. The number of thiazole rings is 1. The summed E-state index contributed by atoms with van der Waals surface area (Å²) in [5.41, 5.74) is 8.49. The Hall–Kier alpha value is -2.78. The summed E-state index contributed by atoms with van der Waals surface area (Å²) < 4.78 is 44.2. The molecule has 3 aromatic rings. The van der Waals surface area contributed by atoms with Gasteiger partial charge in [0.05, 0.1) is 11.8 Å². The fourth-order valence-corrected chi connectivity index (χ4v) is 2.97. The van der Waals surface area contributed by atoms with Gasteiger partial charge in [-0.1, -0.05) is 23.7 Å². The molecular weight excluding hydrogens is 413 g/mol. The van der Waals surface area contributed by atoms with E-state index in [1.165, 1.54) is 23.6 Å². The minimum absolute atomic E-state index is 0.0389. The lowest BCUT2D eigenvalue weighted by Gasteiger charge is -2.11. The number of rotatable bonds is 6. The molecule has 5 nitrogen and oxygen atoms in total. The van der Waals surface area contributed by atoms with Crippen molar-refractivity contribution in [1.29, 1.82) is 0 Å². The Morgan fingerprint density at radius 3 is 2.79 bits per heavy atom. The van der Waals surface area contributed by atoms with Crippen LogP contribution in [0, 0.1) is 0 Å². The average Bonchev–Trinajstić information content (AvgIpc) is 3.06. The number of nitrogens with two attached hydrogens (primary N) is 1. The molecule has 0 radical (unpaired) electrons. The lowest BCUT2D eigenvalue weighted by atomic mass is 10.1. The molecule has 3 rings (SSSR count). The molecule has 0 atom stereocenters. The van der Waals surface area contributed by atoms with Gasteiger partial charge in [0.15, 0.2) is 0 Å². The number of hydrogen-bond donors (Lipinski definition) is 2. The van der Waals surface area contributed by atoms with E-state index in [4.69, 9.17) is 22.1 Å². The number of hydrogen-bond acceptors (Lipinski definition) is 6. The fraction of sp³-hybridized carbons (Fsp3) is 0.111. The third kappa shape index (κ3) is 5.37. The van der Waals surface area contributed by atoms with Gasteiger partial charge >= 0.3 is 6.18 Å². The molecule has 1 aromatic heterocycles. The number of benzene rings is 2. The third-order valence-corrected chi connectivity index (χ3v) is 4.51. The summed E-state index contributed by atoms with van der Waals surface area (Å²) in [6, 6.07) is 9.85. The molecule has 0 bridgehead atoms. The van der Waals surface area contributed by atoms with Crippen LogP contribution in [0.15, 0.2) is 52.9 Å². The number of nitrogens with one attached hydrogen (secondary N) is 1. The highest BCUT2D eigenvalue weighted by atomic mass is 35.5. The van der Waals surface area contributed by atoms with Crippen LogP contribution in [-0.4, -0.2) is 11.2 Å². The number of halogens is 4. The number of anilines is 2. The van der Waals surface area contributed by atoms with E-state index in [9.17, 15) is 13.2 Å². The quantitative estimate of drug-likeness (QED) is 0.407. The van der Waals surface area contributed by atoms with E-state index in [1.54, 1.807) is 29.6 Å². The van der Waals surface area contributed by atoms with Crippen LogP contribution in [0.1, 0.15) is 16.7 Å². The van der Waals surface area contributed by atoms with Crippen LogP contribution in [-0.2, 0) is 12.8 Å². The van der Waals surface area contributed by atoms with E-state index in [2.05, 4.69) is 15.5 Å². The first kappa shape index (κ1) is 20.0. The van der Waals surface area contributed by atoms with Crippen molar-refractivity contribution < 1.29 is 17.9 Å². The number of alkyl halides is 3. The van der Waals surface area contributed by atoms with E-state index in [0.29, 0.717) is 32.8 Å². The zero-order chi connectivity index (χ0) is 20.1. The van der Waals surface area contributed by atoms with E-state index in [0.717, 1.165) is 12.1 Å². The van der Waals surface area contributed by atoms with Gasteiger partial charge in [-0.2, -0.15) is 18.3 Å². The molecule has 10 heteroatoms. The van der Waals surface area contributed by atoms with Crippen molar-refractivity contribution in [1.82, 2.24) is 4.98 Å². The molecule has 1 heterocycles. The van der Waals surface area contributed by atoms with Gasteiger partial charge in [0.1, 0.15) is 18.2 Å². The third-order valence-electron chi connectivity index (χ3n) is 3.51. The summed E-state index contributed by atoms with van der Waals surface area (Å²) in [4.78, 5) is 4.01. The van der Waals surface area contributed by atoms with Crippen LogP contribution in [0.5, 0.6) is 5.75 Å². The largest absolute Gasteiger partial charge is 0.488 e. The summed E-state index contributed by atoms with van der Waals surface area (Å²) in [6.07, 6.45) is -2.93. The normalized spacial score (nSPS) is 11.7. The highest BCUT2D eigenvalue weighted by molar-refractivity contribution is 7.14. The predicted molar refractivity (Wildman–Crippen MR) is 105 cm³/mol. The van der Waals surface area contributed by atoms with Gasteiger partial charge < -0.3 is 10.5 Å². The van der Waals surface area contributed by atoms with Crippen molar-refractivity contribution in [2.45, 2.75) is 12.8 Å². The summed E-state index contributed by atoms with van der Waals surface area (Å²) in [6.45, 7) is -0.0389. The zero-order valence-electron chi connectivity index (χ0n) is 14.2. The van der Waals surface area contributed by atoms with Crippen molar-refractivity contribution in [3.8, 4) is 5.75 Å². The first-order valence-electron chi connectivity index (χ1n) is 7.90. The summed E-state index contributed by atoms with van der Waals surface area (Å²) in [7, 11) is 0. The Bertz CT molecular complexity index is 991. The molecule has 0 amide bonds. The second kappa shape index (κ2) is 8.49. The van der Waals surface area contributed by atoms with Crippen LogP contribution in [0.25, 0.3) is 0 Å². The lowest BCUT2D eigenvalue weighted by Crippen LogP contribution is -2.06. The first-order valence-corrected chi connectivity index (χ1v) is 9.15. The van der Waals surface area contributed by atoms with Gasteiger partial charge in [-0.15, -0.1) is 11.3 Å². The van der Waals surface area contributed by atoms with E-state index in [1.807, 2.05) is 0 Å². The van der Waals surface area contributed by atoms with E-state index >= 15 is 0 Å². The maximum absolute atomic E-state index is 12.8. The van der Waals surface area contributed by atoms with Crippen LogP contribution < -0.4 is 15.9 Å². The second-order valence-electron chi connectivity index (χ2n) is 5.62. The van der Waals surface area contributed by atoms with Gasteiger partial charge in [0.25, 0.3) is 0 Å². The van der Waals surface area contributed by atoms with Crippen LogP contribution in [0.2, 0.25) is 5.02 Å². The number of nitrogen functional groups attached to an aromatic ring is 1. The Morgan fingerprint density at radius 2 is 2.07 bits per heavy atom. The molecule has 2 aromatic carbocycles. The van der Waals surface area contributed by atoms with Gasteiger partial charge in [0.2, 0.25) is 5.13 Å². The summed E-state index contributed by atoms with van der Waals surface area (Å²) in [5.74, 6) is 0.807. The molecule has 0 aliphatic carbocycles. The van der Waals surface area contributed by atoms with Crippen LogP contribution in [0.3, 0.4) is 0 Å². The Labute approximate surface area is 167 Å². The topological polar surface area (TPSA) is 72.5 Å². The van der Waals surface area contributed by atoms with Crippen molar-refractivity contribution in [3.05, 3.63) is 69.6 Å². The van der Waals surface area contributed by atoms with Crippen molar-refractivity contribution >= 4 is 40.1 Å². The SMILES string of the molecule is Nc1csc(NN=Cc2cc(Cl)ccc2OCc2cccc(C(F)(F)F)c2)n1. The molecule has 0 unspecified atom stereocenters. The minimum Gasteiger partial charge on any atom is -0.488 e. The number of hydrazone groups is 1. The lowest BCUT2D eigenvalue weighted by molar-refractivity contribution is -0.137. The van der Waals surface area contributed by atoms with Crippen molar-refractivity contribution in [3.63, 3.8) is 0 Å². The molecule has 0 fully saturated rings. The first-order chi connectivity index (χ1) is 13.3.